The standard InChI is InChI=1S/C15H33O2PS2/c1-10-13(4,5)16-18(19,17-14(6,7)11-2)20-15(8,9)12-3/h10-12H2,1-9H3. The summed E-state index contributed by atoms with van der Waals surface area (Å²) in [6.07, 6.45) is 2.89. The minimum atomic E-state index is -2.38. The van der Waals surface area contributed by atoms with Crippen molar-refractivity contribution in [2.45, 2.75) is 97.5 Å². The second kappa shape index (κ2) is 7.46. The summed E-state index contributed by atoms with van der Waals surface area (Å²) in [7, 11) is 0. The van der Waals surface area contributed by atoms with Crippen LogP contribution in [0.15, 0.2) is 0 Å². The van der Waals surface area contributed by atoms with Crippen molar-refractivity contribution in [1.29, 1.82) is 0 Å². The Morgan fingerprint density at radius 2 is 1.15 bits per heavy atom. The van der Waals surface area contributed by atoms with Crippen LogP contribution in [0.4, 0.5) is 0 Å². The van der Waals surface area contributed by atoms with Gasteiger partial charge in [-0.3, -0.25) is 0 Å². The van der Waals surface area contributed by atoms with E-state index in [4.69, 9.17) is 20.9 Å². The predicted octanol–water partition coefficient (Wildman–Crippen LogP) is 6.54. The van der Waals surface area contributed by atoms with Crippen molar-refractivity contribution in [2.75, 3.05) is 0 Å². The van der Waals surface area contributed by atoms with Gasteiger partial charge in [0.25, 0.3) is 0 Å². The molecule has 0 aliphatic heterocycles. The van der Waals surface area contributed by atoms with E-state index in [0.29, 0.717) is 0 Å². The molecular formula is C15H33O2PS2. The van der Waals surface area contributed by atoms with E-state index in [0.717, 1.165) is 19.3 Å². The van der Waals surface area contributed by atoms with Crippen molar-refractivity contribution in [3.8, 4) is 0 Å². The molecule has 5 heteroatoms. The summed E-state index contributed by atoms with van der Waals surface area (Å²) in [5.41, 5.74) is -2.86. The third kappa shape index (κ3) is 7.79. The molecule has 2 nitrogen and oxygen atoms in total. The van der Waals surface area contributed by atoms with Crippen molar-refractivity contribution in [3.05, 3.63) is 0 Å². The molecule has 0 bridgehead atoms. The van der Waals surface area contributed by atoms with Gasteiger partial charge in [-0.2, -0.15) is 0 Å². The fourth-order valence-corrected chi connectivity index (χ4v) is 10.1. The molecule has 20 heavy (non-hydrogen) atoms. The lowest BCUT2D eigenvalue weighted by Crippen LogP contribution is -2.28. The first-order chi connectivity index (χ1) is 8.80. The Hall–Kier alpha value is 0.920. The van der Waals surface area contributed by atoms with Gasteiger partial charge in [0.05, 0.1) is 11.2 Å². The van der Waals surface area contributed by atoms with E-state index < -0.39 is 5.69 Å². The van der Waals surface area contributed by atoms with Crippen molar-refractivity contribution in [2.24, 2.45) is 0 Å². The summed E-state index contributed by atoms with van der Waals surface area (Å²) in [6, 6.07) is 0. The van der Waals surface area contributed by atoms with Crippen molar-refractivity contribution in [3.63, 3.8) is 0 Å². The average Bonchev–Trinajstić information content (AvgIpc) is 2.26. The predicted molar refractivity (Wildman–Crippen MR) is 97.2 cm³/mol. The summed E-state index contributed by atoms with van der Waals surface area (Å²) >= 11 is 7.59. The molecule has 0 radical (unpaired) electrons. The minimum absolute atomic E-state index is 0.0726. The van der Waals surface area contributed by atoms with Crippen LogP contribution in [0, 0.1) is 0 Å². The molecule has 0 amide bonds. The molecule has 0 unspecified atom stereocenters. The van der Waals surface area contributed by atoms with Gasteiger partial charge in [-0.15, -0.1) is 0 Å². The van der Waals surface area contributed by atoms with E-state index in [1.807, 2.05) is 0 Å². The van der Waals surface area contributed by atoms with Gasteiger partial charge in [-0.25, -0.2) is 0 Å². The molecule has 122 valence electrons. The SMILES string of the molecule is CCC(C)(C)OP(=S)(OC(C)(C)CC)SC(C)(C)CC. The summed E-state index contributed by atoms with van der Waals surface area (Å²) in [6.45, 7) is 19.2. The first kappa shape index (κ1) is 20.9. The molecule has 0 aliphatic carbocycles. The Bertz CT molecular complexity index is 299. The maximum atomic E-state index is 6.32. The molecule has 0 fully saturated rings. The second-order valence-electron chi connectivity index (χ2n) is 7.06. The molecule has 0 heterocycles. The van der Waals surface area contributed by atoms with Crippen LogP contribution in [0.3, 0.4) is 0 Å². The van der Waals surface area contributed by atoms with Crippen molar-refractivity contribution < 1.29 is 9.05 Å². The Labute approximate surface area is 135 Å². The van der Waals surface area contributed by atoms with Crippen LogP contribution in [0.5, 0.6) is 0 Å². The Kier molecular flexibility index (Phi) is 7.80. The Morgan fingerprint density at radius 3 is 1.40 bits per heavy atom. The van der Waals surface area contributed by atoms with Crippen molar-refractivity contribution >= 4 is 28.9 Å². The highest BCUT2D eigenvalue weighted by molar-refractivity contribution is 8.68. The number of rotatable bonds is 9. The van der Waals surface area contributed by atoms with Gasteiger partial charge in [0.1, 0.15) is 0 Å². The van der Waals surface area contributed by atoms with Crippen LogP contribution in [-0.2, 0) is 20.9 Å². The molecule has 0 spiro atoms. The quantitative estimate of drug-likeness (QED) is 0.443. The lowest BCUT2D eigenvalue weighted by Gasteiger charge is -2.39. The fraction of sp³-hybridized carbons (Fsp3) is 1.00. The highest BCUT2D eigenvalue weighted by atomic mass is 32.9. The minimum Gasteiger partial charge on any atom is -0.316 e. The summed E-state index contributed by atoms with van der Waals surface area (Å²) in [4.78, 5) is 0. The van der Waals surface area contributed by atoms with Crippen LogP contribution in [0.25, 0.3) is 0 Å². The van der Waals surface area contributed by atoms with Gasteiger partial charge in [-0.1, -0.05) is 46.0 Å². The van der Waals surface area contributed by atoms with Crippen LogP contribution in [0.2, 0.25) is 0 Å². The summed E-state index contributed by atoms with van der Waals surface area (Å²) < 4.78 is 12.7. The third-order valence-electron chi connectivity index (χ3n) is 3.63. The zero-order valence-corrected chi connectivity index (χ0v) is 17.2. The van der Waals surface area contributed by atoms with E-state index in [2.05, 4.69) is 62.3 Å². The van der Waals surface area contributed by atoms with E-state index >= 15 is 0 Å². The Morgan fingerprint density at radius 1 is 0.800 bits per heavy atom. The summed E-state index contributed by atoms with van der Waals surface area (Å²) in [5, 5.41) is 0. The Balaban J connectivity index is 5.29. The molecule has 0 N–H and O–H groups in total. The van der Waals surface area contributed by atoms with E-state index in [1.54, 1.807) is 11.4 Å². The van der Waals surface area contributed by atoms with Gasteiger partial charge in [-0.05, 0) is 58.8 Å². The highest BCUT2D eigenvalue weighted by Gasteiger charge is 2.38. The molecule has 0 aromatic heterocycles. The molecular weight excluding hydrogens is 307 g/mol. The number of hydrogen-bond acceptors (Lipinski definition) is 4. The van der Waals surface area contributed by atoms with Crippen LogP contribution in [-0.4, -0.2) is 15.9 Å². The monoisotopic (exact) mass is 340 g/mol. The lowest BCUT2D eigenvalue weighted by molar-refractivity contribution is 0.0561. The molecule has 0 saturated carbocycles. The maximum Gasteiger partial charge on any atom is 0.248 e. The maximum absolute atomic E-state index is 6.32. The van der Waals surface area contributed by atoms with E-state index in [-0.39, 0.29) is 15.9 Å². The van der Waals surface area contributed by atoms with E-state index in [9.17, 15) is 0 Å². The highest BCUT2D eigenvalue weighted by Crippen LogP contribution is 2.69. The molecule has 0 aromatic carbocycles. The van der Waals surface area contributed by atoms with Crippen molar-refractivity contribution in [1.82, 2.24) is 0 Å². The molecule has 0 rings (SSSR count). The molecule has 0 aromatic rings. The van der Waals surface area contributed by atoms with Crippen LogP contribution >= 0.6 is 17.1 Å². The first-order valence-electron chi connectivity index (χ1n) is 7.52. The lowest BCUT2D eigenvalue weighted by atomic mass is 10.1. The second-order valence-corrected chi connectivity index (χ2v) is 13.7. The van der Waals surface area contributed by atoms with Gasteiger partial charge >= 0.3 is 0 Å². The zero-order chi connectivity index (χ0) is 16.2. The van der Waals surface area contributed by atoms with Crippen LogP contribution in [0.1, 0.15) is 81.6 Å². The average molecular weight is 341 g/mol. The molecule has 0 saturated heterocycles. The van der Waals surface area contributed by atoms with Gasteiger partial charge < -0.3 is 9.05 Å². The van der Waals surface area contributed by atoms with Crippen LogP contribution < -0.4 is 0 Å². The normalized spacial score (nSPS) is 14.7. The van der Waals surface area contributed by atoms with Gasteiger partial charge in [0, 0.05) is 4.75 Å². The largest absolute Gasteiger partial charge is 0.316 e. The van der Waals surface area contributed by atoms with Gasteiger partial charge in [0.15, 0.2) is 0 Å². The third-order valence-corrected chi connectivity index (χ3v) is 9.79. The molecule has 0 aliphatic rings. The zero-order valence-electron chi connectivity index (χ0n) is 14.7. The number of hydrogen-bond donors (Lipinski definition) is 0. The fourth-order valence-electron chi connectivity index (χ4n) is 1.16. The molecule has 0 atom stereocenters. The van der Waals surface area contributed by atoms with E-state index in [1.165, 1.54) is 0 Å². The van der Waals surface area contributed by atoms with Gasteiger partial charge in [0.2, 0.25) is 5.69 Å². The summed E-state index contributed by atoms with van der Waals surface area (Å²) in [5.74, 6) is 0. The smallest absolute Gasteiger partial charge is 0.248 e. The topological polar surface area (TPSA) is 18.5 Å². The first-order valence-corrected chi connectivity index (χ1v) is 11.6.